The molecule has 258 valence electrons. The van der Waals surface area contributed by atoms with E-state index in [-0.39, 0.29) is 15.8 Å². The topological polar surface area (TPSA) is 98.0 Å². The number of hydrazone groups is 1. The van der Waals surface area contributed by atoms with Gasteiger partial charge in [0.1, 0.15) is 12.2 Å². The van der Waals surface area contributed by atoms with Crippen LogP contribution in [0.15, 0.2) is 57.4 Å². The van der Waals surface area contributed by atoms with Gasteiger partial charge < -0.3 is 0 Å². The summed E-state index contributed by atoms with van der Waals surface area (Å²) in [4.78, 5) is 40.4. The zero-order valence-electron chi connectivity index (χ0n) is 25.0. The summed E-state index contributed by atoms with van der Waals surface area (Å²) in [6.45, 7) is -0.720. The maximum atomic E-state index is 14.7. The maximum absolute atomic E-state index is 14.7. The van der Waals surface area contributed by atoms with Crippen LogP contribution in [0.3, 0.4) is 0 Å². The second-order valence-corrected chi connectivity index (χ2v) is 13.5. The first-order valence-electron chi connectivity index (χ1n) is 14.9. The van der Waals surface area contributed by atoms with Crippen molar-refractivity contribution in [1.29, 1.82) is 0 Å². The molecule has 3 aromatic rings. The Labute approximate surface area is 299 Å². The van der Waals surface area contributed by atoms with Gasteiger partial charge in [-0.2, -0.15) is 10.2 Å². The number of hydrogen-bond donors (Lipinski definition) is 0. The molecule has 3 amide bonds. The molecule has 3 aliphatic heterocycles. The van der Waals surface area contributed by atoms with Crippen molar-refractivity contribution in [2.75, 3.05) is 11.4 Å². The molecule has 0 N–H and O–H groups in total. The van der Waals surface area contributed by atoms with E-state index in [1.165, 1.54) is 11.1 Å². The number of imide groups is 1. The van der Waals surface area contributed by atoms with Crippen molar-refractivity contribution in [3.8, 4) is 0 Å². The van der Waals surface area contributed by atoms with Gasteiger partial charge in [-0.1, -0.05) is 63.8 Å². The average molecular weight is 772 g/mol. The van der Waals surface area contributed by atoms with Gasteiger partial charge in [0.25, 0.3) is 17.7 Å². The van der Waals surface area contributed by atoms with Gasteiger partial charge in [-0.05, 0) is 66.3 Å². The Bertz CT molecular complexity index is 2090. The fraction of sp³-hybridized carbons (Fsp3) is 0.250. The van der Waals surface area contributed by atoms with Crippen LogP contribution in [0, 0.1) is 35.0 Å². The molecule has 3 heterocycles. The second-order valence-electron chi connectivity index (χ2n) is 11.8. The van der Waals surface area contributed by atoms with Crippen molar-refractivity contribution in [2.45, 2.75) is 37.4 Å². The summed E-state index contributed by atoms with van der Waals surface area (Å²) in [7, 11) is 0. The highest BCUT2D eigenvalue weighted by atomic mass is 35.5. The highest BCUT2D eigenvalue weighted by molar-refractivity contribution is 6.36. The number of rotatable bonds is 5. The summed E-state index contributed by atoms with van der Waals surface area (Å²) in [5.41, 5.74) is 0.819. The van der Waals surface area contributed by atoms with Crippen LogP contribution in [-0.4, -0.2) is 52.1 Å². The molecule has 2 fully saturated rings. The normalized spacial score (nSPS) is 23.7. The lowest BCUT2D eigenvalue weighted by Crippen LogP contribution is -2.45. The minimum atomic E-state index is -2.47. The smallest absolute Gasteiger partial charge is 0.264 e. The molecule has 3 aromatic carbocycles. The molecular formula is C32H19Cl4F5N6O3. The van der Waals surface area contributed by atoms with Crippen LogP contribution in [0.25, 0.3) is 6.08 Å². The van der Waals surface area contributed by atoms with Crippen LogP contribution >= 0.6 is 46.4 Å². The van der Waals surface area contributed by atoms with E-state index in [9.17, 15) is 36.3 Å². The van der Waals surface area contributed by atoms with Gasteiger partial charge in [-0.15, -0.1) is 0 Å². The Morgan fingerprint density at radius 3 is 2.14 bits per heavy atom. The molecule has 9 nitrogen and oxygen atoms in total. The second kappa shape index (κ2) is 12.9. The molecule has 1 saturated heterocycles. The number of benzene rings is 3. The van der Waals surface area contributed by atoms with E-state index < -0.39 is 77.2 Å². The summed E-state index contributed by atoms with van der Waals surface area (Å²) in [6.07, 6.45) is 3.79. The summed E-state index contributed by atoms with van der Waals surface area (Å²) in [6, 6.07) is 5.60. The lowest BCUT2D eigenvalue weighted by atomic mass is 9.77. The Kier molecular flexibility index (Phi) is 8.86. The van der Waals surface area contributed by atoms with E-state index in [0.717, 1.165) is 17.0 Å². The van der Waals surface area contributed by atoms with Gasteiger partial charge in [0.05, 0.1) is 11.8 Å². The fourth-order valence-corrected chi connectivity index (χ4v) is 7.62. The fourth-order valence-electron chi connectivity index (χ4n) is 6.64. The molecule has 1 aliphatic carbocycles. The number of amides is 3. The van der Waals surface area contributed by atoms with E-state index in [4.69, 9.17) is 51.5 Å². The first-order valence-corrected chi connectivity index (χ1v) is 16.4. The number of fused-ring (bicyclic) bond motifs is 2. The Morgan fingerprint density at radius 2 is 1.48 bits per heavy atom. The van der Waals surface area contributed by atoms with Crippen LogP contribution < -0.4 is 4.90 Å². The first kappa shape index (κ1) is 34.3. The quantitative estimate of drug-likeness (QED) is 0.113. The number of anilines is 1. The van der Waals surface area contributed by atoms with Gasteiger partial charge in [0.2, 0.25) is 5.82 Å². The molecule has 50 heavy (non-hydrogen) atoms. The minimum Gasteiger partial charge on any atom is -0.271 e. The third-order valence-electron chi connectivity index (χ3n) is 8.90. The number of carbonyl (C=O) groups excluding carboxylic acids is 3. The predicted octanol–water partition coefficient (Wildman–Crippen LogP) is 8.11. The molecule has 0 spiro atoms. The third-order valence-corrected chi connectivity index (χ3v) is 10.0. The van der Waals surface area contributed by atoms with Crippen molar-refractivity contribution >= 4 is 81.6 Å². The van der Waals surface area contributed by atoms with Crippen molar-refractivity contribution in [3.05, 3.63) is 102 Å². The average Bonchev–Trinajstić information content (AvgIpc) is 3.74. The molecule has 4 atom stereocenters. The molecule has 7 rings (SSSR count). The highest BCUT2D eigenvalue weighted by Gasteiger charge is 2.57. The van der Waals surface area contributed by atoms with E-state index in [2.05, 4.69) is 10.3 Å². The van der Waals surface area contributed by atoms with Crippen LogP contribution in [0.1, 0.15) is 36.4 Å². The van der Waals surface area contributed by atoms with Crippen LogP contribution in [0.5, 0.6) is 0 Å². The van der Waals surface area contributed by atoms with Crippen LogP contribution in [0.2, 0.25) is 20.1 Å². The lowest BCUT2D eigenvalue weighted by Gasteiger charge is -2.31. The largest absolute Gasteiger partial charge is 0.271 e. The summed E-state index contributed by atoms with van der Waals surface area (Å²) < 4.78 is 71.0. The van der Waals surface area contributed by atoms with Gasteiger partial charge in [-0.25, -0.2) is 31.9 Å². The molecule has 0 unspecified atom stereocenters. The molecule has 0 radical (unpaired) electrons. The highest BCUT2D eigenvalue weighted by Crippen LogP contribution is 2.47. The summed E-state index contributed by atoms with van der Waals surface area (Å²) >= 11 is 25.3. The first-order chi connectivity index (χ1) is 23.8. The van der Waals surface area contributed by atoms with Gasteiger partial charge >= 0.3 is 0 Å². The van der Waals surface area contributed by atoms with Crippen LogP contribution in [0.4, 0.5) is 27.6 Å². The summed E-state index contributed by atoms with van der Waals surface area (Å²) in [5.74, 6) is -15.8. The Balaban J connectivity index is 1.23. The SMILES string of the molecule is O=C1[C@H]2N=NN(CC(=O)N3N=C4/C(=C/c5ccc(Cl)cc5Cl)CCC[C@@H]4[C@@H]3c3ccc(Cl)cc3Cl)[C@H]2C(=O)N1c1c(F)c(F)c(F)c(F)c1F. The number of hydrogen-bond acceptors (Lipinski definition) is 7. The lowest BCUT2D eigenvalue weighted by molar-refractivity contribution is -0.136. The van der Waals surface area contributed by atoms with E-state index >= 15 is 0 Å². The number of allylic oxidation sites excluding steroid dienone is 1. The molecule has 18 heteroatoms. The number of halogens is 9. The van der Waals surface area contributed by atoms with Gasteiger partial charge in [0.15, 0.2) is 35.4 Å². The molecule has 0 bridgehead atoms. The monoisotopic (exact) mass is 770 g/mol. The predicted molar refractivity (Wildman–Crippen MR) is 173 cm³/mol. The zero-order chi connectivity index (χ0) is 35.8. The summed E-state index contributed by atoms with van der Waals surface area (Å²) in [5, 5.41) is 15.6. The molecule has 0 aromatic heterocycles. The molecule has 4 aliphatic rings. The van der Waals surface area contributed by atoms with E-state index in [0.29, 0.717) is 44.7 Å². The van der Waals surface area contributed by atoms with E-state index in [1.807, 2.05) is 6.08 Å². The van der Waals surface area contributed by atoms with Crippen molar-refractivity contribution < 1.29 is 36.3 Å². The van der Waals surface area contributed by atoms with Gasteiger partial charge in [-0.3, -0.25) is 19.4 Å². The standard InChI is InChI=1S/C32H19Cl4F5N6O3/c33-14-5-4-12(18(35)9-14)8-13-2-1-3-17-26(13)43-47(28(17)16-7-6-15(34)10-19(16)36)20(48)11-45-30-27(42-44-45)31(49)46(32(30)50)29-24(40)22(38)21(37)23(39)25(29)41/h4-10,17,27-28,30H,1-3,11H2/b13-8+/t17-,27-,28-,30+/m0/s1. The number of nitrogens with zero attached hydrogens (tertiary/aromatic N) is 6. The van der Waals surface area contributed by atoms with Gasteiger partial charge in [0, 0.05) is 26.0 Å². The van der Waals surface area contributed by atoms with Crippen LogP contribution in [-0.2, 0) is 14.4 Å². The Hall–Kier alpha value is -4.11. The molecular weight excluding hydrogens is 753 g/mol. The zero-order valence-corrected chi connectivity index (χ0v) is 28.0. The molecule has 1 saturated carbocycles. The van der Waals surface area contributed by atoms with Crippen molar-refractivity contribution in [2.24, 2.45) is 21.4 Å². The van der Waals surface area contributed by atoms with Crippen molar-refractivity contribution in [3.63, 3.8) is 0 Å². The Morgan fingerprint density at radius 1 is 0.840 bits per heavy atom. The maximum Gasteiger partial charge on any atom is 0.264 e. The number of carbonyl (C=O) groups is 3. The van der Waals surface area contributed by atoms with Crippen molar-refractivity contribution in [1.82, 2.24) is 10.0 Å². The third kappa shape index (κ3) is 5.52. The minimum absolute atomic E-state index is 0.166. The van der Waals surface area contributed by atoms with E-state index in [1.54, 1.807) is 30.3 Å².